The Bertz CT molecular complexity index is 592. The van der Waals surface area contributed by atoms with Crippen LogP contribution in [0.5, 0.6) is 0 Å². The van der Waals surface area contributed by atoms with Crippen molar-refractivity contribution in [2.45, 2.75) is 39.2 Å². The molecule has 6 heteroatoms. The Morgan fingerprint density at radius 1 is 1.36 bits per heavy atom. The van der Waals surface area contributed by atoms with Crippen LogP contribution in [-0.4, -0.2) is 37.2 Å². The van der Waals surface area contributed by atoms with Crippen LogP contribution in [0.4, 0.5) is 0 Å². The van der Waals surface area contributed by atoms with Crippen LogP contribution >= 0.6 is 0 Å². The van der Waals surface area contributed by atoms with E-state index < -0.39 is 5.60 Å². The number of hydrazone groups is 1. The maximum absolute atomic E-state index is 11.6. The lowest BCUT2D eigenvalue weighted by Gasteiger charge is -2.19. The molecular formula is C19H29N3O3. The van der Waals surface area contributed by atoms with E-state index in [1.54, 1.807) is 6.08 Å². The number of hydrogen-bond acceptors (Lipinski definition) is 5. The molecule has 0 atom stereocenters. The van der Waals surface area contributed by atoms with Gasteiger partial charge in [0.1, 0.15) is 5.60 Å². The molecule has 0 heterocycles. The van der Waals surface area contributed by atoms with Gasteiger partial charge in [0, 0.05) is 5.56 Å². The molecule has 0 fully saturated rings. The summed E-state index contributed by atoms with van der Waals surface area (Å²) in [6, 6.07) is 7.82. The molecule has 1 rings (SSSR count). The fourth-order valence-corrected chi connectivity index (χ4v) is 1.99. The third-order valence-corrected chi connectivity index (χ3v) is 3.06. The van der Waals surface area contributed by atoms with E-state index in [1.807, 2.05) is 45.0 Å². The summed E-state index contributed by atoms with van der Waals surface area (Å²) in [4.78, 5) is 11.6. The highest BCUT2D eigenvalue weighted by Crippen LogP contribution is 2.09. The molecule has 0 aliphatic carbocycles. The molecule has 1 aromatic rings. The van der Waals surface area contributed by atoms with Gasteiger partial charge in [-0.25, -0.2) is 0 Å². The van der Waals surface area contributed by atoms with Gasteiger partial charge in [0.15, 0.2) is 5.84 Å². The topological polar surface area (TPSA) is 85.9 Å². The second kappa shape index (κ2) is 10.5. The second-order valence-corrected chi connectivity index (χ2v) is 6.55. The Morgan fingerprint density at radius 2 is 2.12 bits per heavy atom. The van der Waals surface area contributed by atoms with Gasteiger partial charge in [-0.2, -0.15) is 5.10 Å². The van der Waals surface area contributed by atoms with Crippen molar-refractivity contribution in [3.8, 4) is 0 Å². The van der Waals surface area contributed by atoms with Crippen LogP contribution in [0.3, 0.4) is 0 Å². The number of rotatable bonds is 10. The summed E-state index contributed by atoms with van der Waals surface area (Å²) in [7, 11) is 0. The smallest absolute Gasteiger partial charge is 0.308 e. The highest BCUT2D eigenvalue weighted by molar-refractivity contribution is 5.97. The van der Waals surface area contributed by atoms with Gasteiger partial charge in [-0.15, -0.1) is 6.58 Å². The predicted octanol–water partition coefficient (Wildman–Crippen LogP) is 2.37. The van der Waals surface area contributed by atoms with Gasteiger partial charge in [-0.3, -0.25) is 4.79 Å². The van der Waals surface area contributed by atoms with Crippen molar-refractivity contribution in [2.24, 2.45) is 10.8 Å². The molecule has 0 bridgehead atoms. The molecule has 3 N–H and O–H groups in total. The first-order valence-corrected chi connectivity index (χ1v) is 8.37. The molecule has 138 valence electrons. The normalized spacial score (nSPS) is 11.9. The maximum atomic E-state index is 11.6. The van der Waals surface area contributed by atoms with Crippen LogP contribution in [0.15, 0.2) is 42.0 Å². The van der Waals surface area contributed by atoms with Crippen LogP contribution in [-0.2, 0) is 20.7 Å². The molecule has 0 aliphatic rings. The SMILES string of the molecule is C=CCN/N=C(\N)c1cccc(CCOCCC(=O)OC(C)(C)C)c1. The zero-order valence-corrected chi connectivity index (χ0v) is 15.4. The Morgan fingerprint density at radius 3 is 2.80 bits per heavy atom. The second-order valence-electron chi connectivity index (χ2n) is 6.55. The fraction of sp³-hybridized carbons (Fsp3) is 0.474. The van der Waals surface area contributed by atoms with Gasteiger partial charge >= 0.3 is 5.97 Å². The lowest BCUT2D eigenvalue weighted by molar-refractivity contribution is -0.156. The quantitative estimate of drug-likeness (QED) is 0.169. The molecule has 0 unspecified atom stereocenters. The Hall–Kier alpha value is -2.34. The number of carbonyl (C=O) groups is 1. The zero-order chi connectivity index (χ0) is 18.7. The fourth-order valence-electron chi connectivity index (χ4n) is 1.99. The molecule has 0 radical (unpaired) electrons. The number of esters is 1. The minimum absolute atomic E-state index is 0.245. The van der Waals surface area contributed by atoms with Crippen LogP contribution in [0, 0.1) is 0 Å². The van der Waals surface area contributed by atoms with Gasteiger partial charge in [0.2, 0.25) is 0 Å². The van der Waals surface area contributed by atoms with Crippen LogP contribution < -0.4 is 11.2 Å². The van der Waals surface area contributed by atoms with E-state index in [0.29, 0.717) is 25.6 Å². The number of carbonyl (C=O) groups excluding carboxylic acids is 1. The van der Waals surface area contributed by atoms with Gasteiger partial charge in [0.25, 0.3) is 0 Å². The molecule has 0 spiro atoms. The summed E-state index contributed by atoms with van der Waals surface area (Å²) < 4.78 is 10.7. The van der Waals surface area contributed by atoms with E-state index in [0.717, 1.165) is 17.5 Å². The summed E-state index contributed by atoms with van der Waals surface area (Å²) in [6.45, 7) is 10.6. The van der Waals surface area contributed by atoms with Crippen molar-refractivity contribution in [3.63, 3.8) is 0 Å². The standard InChI is InChI=1S/C19H29N3O3/c1-5-11-21-22-18(20)16-8-6-7-15(14-16)9-12-24-13-10-17(23)25-19(2,3)4/h5-8,14,21H,1,9-13H2,2-4H3,(H2,20,22). The highest BCUT2D eigenvalue weighted by Gasteiger charge is 2.15. The maximum Gasteiger partial charge on any atom is 0.308 e. The Kier molecular flexibility index (Phi) is 8.70. The number of nitrogens with zero attached hydrogens (tertiary/aromatic N) is 1. The van der Waals surface area contributed by atoms with E-state index in [-0.39, 0.29) is 12.4 Å². The molecule has 1 aromatic carbocycles. The molecule has 0 saturated carbocycles. The van der Waals surface area contributed by atoms with Gasteiger partial charge in [-0.05, 0) is 38.8 Å². The average molecular weight is 347 g/mol. The highest BCUT2D eigenvalue weighted by atomic mass is 16.6. The monoisotopic (exact) mass is 347 g/mol. The van der Waals surface area contributed by atoms with Crippen molar-refractivity contribution in [1.29, 1.82) is 0 Å². The summed E-state index contributed by atoms with van der Waals surface area (Å²) in [5.41, 5.74) is 10.2. The number of ether oxygens (including phenoxy) is 2. The van der Waals surface area contributed by atoms with Crippen LogP contribution in [0.2, 0.25) is 0 Å². The third kappa shape index (κ3) is 9.52. The minimum Gasteiger partial charge on any atom is -0.460 e. The Balaban J connectivity index is 2.36. The van der Waals surface area contributed by atoms with Crippen LogP contribution in [0.1, 0.15) is 38.3 Å². The van der Waals surface area contributed by atoms with E-state index >= 15 is 0 Å². The molecule has 0 saturated heterocycles. The number of nitrogens with one attached hydrogen (secondary N) is 1. The molecule has 6 nitrogen and oxygen atoms in total. The van der Waals surface area contributed by atoms with E-state index in [9.17, 15) is 4.79 Å². The first-order chi connectivity index (χ1) is 11.8. The van der Waals surface area contributed by atoms with Crippen molar-refractivity contribution >= 4 is 11.8 Å². The van der Waals surface area contributed by atoms with E-state index in [2.05, 4.69) is 17.1 Å². The Labute approximate surface area is 150 Å². The largest absolute Gasteiger partial charge is 0.460 e. The molecule has 25 heavy (non-hydrogen) atoms. The first-order valence-electron chi connectivity index (χ1n) is 8.37. The first kappa shape index (κ1) is 20.7. The van der Waals surface area contributed by atoms with Crippen molar-refractivity contribution < 1.29 is 14.3 Å². The number of hydrogen-bond donors (Lipinski definition) is 2. The zero-order valence-electron chi connectivity index (χ0n) is 15.4. The van der Waals surface area contributed by atoms with Crippen LogP contribution in [0.25, 0.3) is 0 Å². The average Bonchev–Trinajstić information content (AvgIpc) is 2.53. The van der Waals surface area contributed by atoms with Gasteiger partial charge in [-0.1, -0.05) is 24.3 Å². The lowest BCUT2D eigenvalue weighted by Crippen LogP contribution is -2.24. The molecule has 0 aliphatic heterocycles. The van der Waals surface area contributed by atoms with Crippen molar-refractivity contribution in [1.82, 2.24) is 5.43 Å². The summed E-state index contributed by atoms with van der Waals surface area (Å²) in [5, 5.41) is 4.07. The van der Waals surface area contributed by atoms with Gasteiger partial charge in [0.05, 0.1) is 26.2 Å². The summed E-state index contributed by atoms with van der Waals surface area (Å²) in [5.74, 6) is 0.181. The lowest BCUT2D eigenvalue weighted by atomic mass is 10.1. The third-order valence-electron chi connectivity index (χ3n) is 3.06. The minimum atomic E-state index is -0.459. The molecule has 0 amide bonds. The summed E-state index contributed by atoms with van der Waals surface area (Å²) >= 11 is 0. The number of benzene rings is 1. The molecule has 0 aromatic heterocycles. The summed E-state index contributed by atoms with van der Waals surface area (Å²) in [6.07, 6.45) is 2.70. The van der Waals surface area contributed by atoms with E-state index in [4.69, 9.17) is 15.2 Å². The molecular weight excluding hydrogens is 318 g/mol. The number of nitrogens with two attached hydrogens (primary N) is 1. The van der Waals surface area contributed by atoms with Gasteiger partial charge < -0.3 is 20.6 Å². The number of amidine groups is 1. The van der Waals surface area contributed by atoms with Crippen molar-refractivity contribution in [2.75, 3.05) is 19.8 Å². The van der Waals surface area contributed by atoms with Crippen molar-refractivity contribution in [3.05, 3.63) is 48.0 Å². The predicted molar refractivity (Wildman–Crippen MR) is 100 cm³/mol. The van der Waals surface area contributed by atoms with E-state index in [1.165, 1.54) is 0 Å².